The maximum atomic E-state index is 6.82. The largest absolute Gasteiger partial charge is 0.378 e. The standard InChI is InChI=1S/C22H33N9O/c1-16(2)18-14-27-31-20(18)28(11-13-32-12-8-23)21(24)29(22(31)25)15-17-6-3-4-7-19(17)30-10-5-9-26-30/h3-7,9-10,14,16,21-22H,8,11-13,15,23-25H2,1-2H3. The summed E-state index contributed by atoms with van der Waals surface area (Å²) in [5.74, 6) is 1.24. The fraction of sp³-hybridized carbons (Fsp3) is 0.455. The number of fused-ring (bicyclic) bond motifs is 1. The third kappa shape index (κ3) is 4.27. The van der Waals surface area contributed by atoms with Gasteiger partial charge in [-0.25, -0.2) is 14.3 Å². The van der Waals surface area contributed by atoms with E-state index in [-0.39, 0.29) is 5.92 Å². The van der Waals surface area contributed by atoms with E-state index in [0.717, 1.165) is 22.6 Å². The molecule has 0 spiro atoms. The first-order valence-electron chi connectivity index (χ1n) is 11.0. The molecule has 1 aromatic carbocycles. The lowest BCUT2D eigenvalue weighted by atomic mass is 10.1. The van der Waals surface area contributed by atoms with Crippen LogP contribution in [0.4, 0.5) is 5.82 Å². The number of benzene rings is 1. The lowest BCUT2D eigenvalue weighted by molar-refractivity contribution is 0.0466. The van der Waals surface area contributed by atoms with Crippen LogP contribution in [0, 0.1) is 0 Å². The quantitative estimate of drug-likeness (QED) is 0.423. The molecule has 0 amide bonds. The molecule has 10 nitrogen and oxygen atoms in total. The number of hydrogen-bond acceptors (Lipinski definition) is 8. The van der Waals surface area contributed by atoms with Gasteiger partial charge in [-0.05, 0) is 23.6 Å². The normalized spacial score (nSPS) is 19.0. The molecule has 10 heteroatoms. The molecule has 0 saturated heterocycles. The van der Waals surface area contributed by atoms with Crippen LogP contribution in [0.15, 0.2) is 48.9 Å². The first-order valence-corrected chi connectivity index (χ1v) is 11.0. The van der Waals surface area contributed by atoms with Crippen molar-refractivity contribution in [1.29, 1.82) is 0 Å². The third-order valence-electron chi connectivity index (χ3n) is 5.77. The SMILES string of the molecule is CC(C)c1cnn2c1N(CCOCCN)C(N)N(Cc1ccccc1-n1cccn1)C2N. The van der Waals surface area contributed by atoms with Gasteiger partial charge < -0.3 is 15.4 Å². The van der Waals surface area contributed by atoms with Gasteiger partial charge in [0, 0.05) is 37.6 Å². The van der Waals surface area contributed by atoms with Gasteiger partial charge in [-0.1, -0.05) is 32.0 Å². The summed E-state index contributed by atoms with van der Waals surface area (Å²) in [4.78, 5) is 4.16. The van der Waals surface area contributed by atoms with Crippen LogP contribution in [0.3, 0.4) is 0 Å². The number of para-hydroxylation sites is 1. The molecule has 0 radical (unpaired) electrons. The summed E-state index contributed by atoms with van der Waals surface area (Å²) in [5, 5.41) is 9.02. The molecule has 0 saturated carbocycles. The van der Waals surface area contributed by atoms with Gasteiger partial charge in [0.2, 0.25) is 0 Å². The van der Waals surface area contributed by atoms with Crippen LogP contribution in [0.1, 0.15) is 37.2 Å². The highest BCUT2D eigenvalue weighted by Crippen LogP contribution is 2.36. The van der Waals surface area contributed by atoms with Crippen molar-refractivity contribution in [2.45, 2.75) is 38.9 Å². The van der Waals surface area contributed by atoms with Gasteiger partial charge in [0.25, 0.3) is 0 Å². The van der Waals surface area contributed by atoms with Gasteiger partial charge in [-0.2, -0.15) is 10.2 Å². The minimum absolute atomic E-state index is 0.290. The lowest BCUT2D eigenvalue weighted by Gasteiger charge is -2.46. The maximum Gasteiger partial charge on any atom is 0.160 e. The summed E-state index contributed by atoms with van der Waals surface area (Å²) in [5.41, 5.74) is 22.3. The van der Waals surface area contributed by atoms with Gasteiger partial charge in [-0.3, -0.25) is 11.5 Å². The molecule has 1 aliphatic heterocycles. The molecule has 0 aliphatic carbocycles. The monoisotopic (exact) mass is 439 g/mol. The molecular weight excluding hydrogens is 406 g/mol. The van der Waals surface area contributed by atoms with E-state index in [0.29, 0.717) is 32.8 Å². The molecule has 0 bridgehead atoms. The van der Waals surface area contributed by atoms with Crippen LogP contribution in [0.5, 0.6) is 0 Å². The predicted molar refractivity (Wildman–Crippen MR) is 124 cm³/mol. The fourth-order valence-corrected chi connectivity index (χ4v) is 4.12. The number of rotatable bonds is 9. The molecule has 3 aromatic rings. The number of anilines is 1. The second-order valence-electron chi connectivity index (χ2n) is 8.20. The maximum absolute atomic E-state index is 6.82. The van der Waals surface area contributed by atoms with Crippen molar-refractivity contribution in [1.82, 2.24) is 24.5 Å². The van der Waals surface area contributed by atoms with Crippen LogP contribution < -0.4 is 22.1 Å². The van der Waals surface area contributed by atoms with Crippen LogP contribution in [-0.2, 0) is 11.3 Å². The van der Waals surface area contributed by atoms with Crippen molar-refractivity contribution >= 4 is 5.82 Å². The molecule has 2 atom stereocenters. The molecule has 6 N–H and O–H groups in total. The number of hydrogen-bond donors (Lipinski definition) is 3. The minimum Gasteiger partial charge on any atom is -0.378 e. The Morgan fingerprint density at radius 3 is 2.59 bits per heavy atom. The van der Waals surface area contributed by atoms with Crippen LogP contribution >= 0.6 is 0 Å². The van der Waals surface area contributed by atoms with E-state index in [4.69, 9.17) is 21.9 Å². The summed E-state index contributed by atoms with van der Waals surface area (Å²) in [7, 11) is 0. The number of nitrogens with zero attached hydrogens (tertiary/aromatic N) is 6. The van der Waals surface area contributed by atoms with Gasteiger partial charge in [0.05, 0.1) is 25.1 Å². The summed E-state index contributed by atoms with van der Waals surface area (Å²) in [6.07, 6.45) is 4.64. The van der Waals surface area contributed by atoms with Crippen molar-refractivity contribution in [3.8, 4) is 5.69 Å². The Bertz CT molecular complexity index is 1000. The Labute approximate surface area is 188 Å². The van der Waals surface area contributed by atoms with Crippen molar-refractivity contribution in [2.75, 3.05) is 31.2 Å². The topological polar surface area (TPSA) is 129 Å². The number of nitrogens with two attached hydrogens (primary N) is 3. The first kappa shape index (κ1) is 22.4. The van der Waals surface area contributed by atoms with Gasteiger partial charge >= 0.3 is 0 Å². The molecule has 2 unspecified atom stereocenters. The van der Waals surface area contributed by atoms with E-state index >= 15 is 0 Å². The Morgan fingerprint density at radius 1 is 1.06 bits per heavy atom. The van der Waals surface area contributed by atoms with Gasteiger partial charge in [-0.15, -0.1) is 0 Å². The summed E-state index contributed by atoms with van der Waals surface area (Å²) < 4.78 is 9.37. The second-order valence-corrected chi connectivity index (χ2v) is 8.20. The summed E-state index contributed by atoms with van der Waals surface area (Å²) >= 11 is 0. The second kappa shape index (κ2) is 9.80. The zero-order valence-electron chi connectivity index (χ0n) is 18.7. The zero-order chi connectivity index (χ0) is 22.7. The van der Waals surface area contributed by atoms with E-state index in [1.54, 1.807) is 6.20 Å². The summed E-state index contributed by atoms with van der Waals surface area (Å²) in [6.45, 7) is 6.95. The smallest absolute Gasteiger partial charge is 0.160 e. The number of aromatic nitrogens is 4. The van der Waals surface area contributed by atoms with E-state index in [9.17, 15) is 0 Å². The predicted octanol–water partition coefficient (Wildman–Crippen LogP) is 1.15. The van der Waals surface area contributed by atoms with E-state index in [2.05, 4.69) is 35.0 Å². The van der Waals surface area contributed by atoms with Gasteiger partial charge in [0.1, 0.15) is 12.1 Å². The highest BCUT2D eigenvalue weighted by molar-refractivity contribution is 5.51. The molecule has 2 aromatic heterocycles. The van der Waals surface area contributed by atoms with Crippen molar-refractivity contribution < 1.29 is 4.74 Å². The lowest BCUT2D eigenvalue weighted by Crippen LogP contribution is -2.63. The van der Waals surface area contributed by atoms with E-state index < -0.39 is 12.6 Å². The minimum atomic E-state index is -0.501. The molecule has 172 valence electrons. The van der Waals surface area contributed by atoms with Crippen molar-refractivity contribution in [3.05, 3.63) is 60.0 Å². The van der Waals surface area contributed by atoms with E-state index in [1.807, 2.05) is 50.9 Å². The van der Waals surface area contributed by atoms with Crippen molar-refractivity contribution in [2.24, 2.45) is 17.2 Å². The fourth-order valence-electron chi connectivity index (χ4n) is 4.12. The molecule has 3 heterocycles. The molecule has 0 fully saturated rings. The van der Waals surface area contributed by atoms with Crippen molar-refractivity contribution in [3.63, 3.8) is 0 Å². The Kier molecular flexibility index (Phi) is 6.87. The van der Waals surface area contributed by atoms with Crippen LogP contribution in [-0.4, -0.2) is 57.1 Å². The highest BCUT2D eigenvalue weighted by atomic mass is 16.5. The molecule has 1 aliphatic rings. The average Bonchev–Trinajstić information content (AvgIpc) is 3.47. The molecule has 32 heavy (non-hydrogen) atoms. The molecule has 4 rings (SSSR count). The Hall–Kier alpha value is -2.76. The van der Waals surface area contributed by atoms with Crippen LogP contribution in [0.25, 0.3) is 5.69 Å². The first-order chi connectivity index (χ1) is 15.5. The van der Waals surface area contributed by atoms with E-state index in [1.165, 1.54) is 0 Å². The number of ether oxygens (including phenoxy) is 1. The highest BCUT2D eigenvalue weighted by Gasteiger charge is 2.38. The average molecular weight is 440 g/mol. The zero-order valence-corrected chi connectivity index (χ0v) is 18.7. The third-order valence-corrected chi connectivity index (χ3v) is 5.77. The molecular formula is C22H33N9O. The Morgan fingerprint density at radius 2 is 1.88 bits per heavy atom. The van der Waals surface area contributed by atoms with Crippen LogP contribution in [0.2, 0.25) is 0 Å². The van der Waals surface area contributed by atoms with Gasteiger partial charge in [0.15, 0.2) is 6.29 Å². The Balaban J connectivity index is 1.66. The summed E-state index contributed by atoms with van der Waals surface area (Å²) in [6, 6.07) is 10.0.